The average Bonchev–Trinajstić information content (AvgIpc) is 2.69. The number of nitrogens with zero attached hydrogens (tertiary/aromatic N) is 1. The third kappa shape index (κ3) is 4.69. The first-order valence-corrected chi connectivity index (χ1v) is 10.2. The number of hydrogen-bond acceptors (Lipinski definition) is 3. The van der Waals surface area contributed by atoms with Crippen molar-refractivity contribution in [2.24, 2.45) is 0 Å². The van der Waals surface area contributed by atoms with Gasteiger partial charge in [-0.25, -0.2) is 9.37 Å². The van der Waals surface area contributed by atoms with E-state index in [1.165, 1.54) is 18.2 Å². The molecule has 1 amide bonds. The molecular weight excluding hydrogens is 445 g/mol. The Kier molecular flexibility index (Phi) is 6.65. The number of carbonyl (C=O) groups excluding carboxylic acids is 1. The van der Waals surface area contributed by atoms with Crippen LogP contribution in [0.1, 0.15) is 12.5 Å². The first-order chi connectivity index (χ1) is 13.5. The first kappa shape index (κ1) is 20.3. The van der Waals surface area contributed by atoms with Gasteiger partial charge in [-0.2, -0.15) is 0 Å². The summed E-state index contributed by atoms with van der Waals surface area (Å²) in [7, 11) is 0. The third-order valence-corrected chi connectivity index (χ3v) is 4.83. The molecule has 0 radical (unpaired) electrons. The lowest BCUT2D eigenvalue weighted by Gasteiger charge is -2.14. The maximum absolute atomic E-state index is 13.4. The number of halogens is 3. The van der Waals surface area contributed by atoms with E-state index in [4.69, 9.17) is 11.6 Å². The topological polar surface area (TPSA) is 54.0 Å². The molecule has 0 saturated heterocycles. The minimum Gasteiger partial charge on any atom is -0.340 e. The lowest BCUT2D eigenvalue weighted by atomic mass is 10.0. The summed E-state index contributed by atoms with van der Waals surface area (Å²) in [6.45, 7) is 2.03. The molecular formula is C21H18BrClFN3O. The van der Waals surface area contributed by atoms with Crippen molar-refractivity contribution in [2.75, 3.05) is 16.0 Å². The summed E-state index contributed by atoms with van der Waals surface area (Å²) < 4.78 is 13.4. The molecule has 2 aromatic carbocycles. The quantitative estimate of drug-likeness (QED) is 0.337. The molecule has 0 spiro atoms. The largest absolute Gasteiger partial charge is 0.340 e. The van der Waals surface area contributed by atoms with E-state index in [9.17, 15) is 9.18 Å². The molecule has 1 aromatic heterocycles. The summed E-state index contributed by atoms with van der Waals surface area (Å²) in [5, 5.41) is 8.55. The van der Waals surface area contributed by atoms with E-state index in [1.807, 2.05) is 25.1 Å². The molecule has 0 fully saturated rings. The second-order valence-corrected chi connectivity index (χ2v) is 7.10. The molecule has 7 heteroatoms. The highest BCUT2D eigenvalue weighted by atomic mass is 79.9. The summed E-state index contributed by atoms with van der Waals surface area (Å²) in [4.78, 5) is 16.5. The highest BCUT2D eigenvalue weighted by Crippen LogP contribution is 2.31. The van der Waals surface area contributed by atoms with Crippen LogP contribution < -0.4 is 10.6 Å². The average molecular weight is 463 g/mol. The number of nitrogens with one attached hydrogen (secondary N) is 2. The Morgan fingerprint density at radius 3 is 2.82 bits per heavy atom. The monoisotopic (exact) mass is 461 g/mol. The summed E-state index contributed by atoms with van der Waals surface area (Å²) in [6.07, 6.45) is 5.69. The van der Waals surface area contributed by atoms with Gasteiger partial charge < -0.3 is 10.6 Å². The lowest BCUT2D eigenvalue weighted by molar-refractivity contribution is -0.111. The van der Waals surface area contributed by atoms with E-state index in [2.05, 4.69) is 31.5 Å². The number of amides is 1. The van der Waals surface area contributed by atoms with E-state index in [0.29, 0.717) is 16.8 Å². The van der Waals surface area contributed by atoms with Crippen molar-refractivity contribution in [1.82, 2.24) is 4.98 Å². The van der Waals surface area contributed by atoms with Crippen LogP contribution in [0.15, 0.2) is 54.7 Å². The minimum absolute atomic E-state index is 0.0324. The van der Waals surface area contributed by atoms with Crippen LogP contribution in [0.5, 0.6) is 0 Å². The second kappa shape index (κ2) is 9.17. The molecule has 28 heavy (non-hydrogen) atoms. The highest BCUT2D eigenvalue weighted by molar-refractivity contribution is 9.09. The Morgan fingerprint density at radius 2 is 2.11 bits per heavy atom. The summed E-state index contributed by atoms with van der Waals surface area (Å²) >= 11 is 9.13. The predicted molar refractivity (Wildman–Crippen MR) is 117 cm³/mol. The number of alkyl halides is 1. The Morgan fingerprint density at radius 1 is 1.29 bits per heavy atom. The van der Waals surface area contributed by atoms with Crippen LogP contribution in [0.3, 0.4) is 0 Å². The number of aryl methyl sites for hydroxylation is 1. The van der Waals surface area contributed by atoms with Crippen LogP contribution in [0.4, 0.5) is 21.6 Å². The van der Waals surface area contributed by atoms with Gasteiger partial charge in [-0.3, -0.25) is 4.79 Å². The number of rotatable bonds is 6. The molecule has 0 bridgehead atoms. The Bertz CT molecular complexity index is 1060. The van der Waals surface area contributed by atoms with Gasteiger partial charge in [-0.1, -0.05) is 40.5 Å². The van der Waals surface area contributed by atoms with Gasteiger partial charge in [0, 0.05) is 34.4 Å². The number of hydrogen-bond donors (Lipinski definition) is 2. The standard InChI is InChI=1S/C21H18BrClFN3O/c1-2-13-10-14-7-9-25-21(26-15-5-6-18(24)17(23)11-15)16(14)12-19(13)27-20(28)4-3-8-22/h3-7,9-12H,2,8H2,1H3,(H,25,26)(H,27,28)/b4-3+. The van der Waals surface area contributed by atoms with Crippen molar-refractivity contribution >= 4 is 61.4 Å². The molecule has 0 aliphatic rings. The van der Waals surface area contributed by atoms with Gasteiger partial charge in [0.05, 0.1) is 5.02 Å². The van der Waals surface area contributed by atoms with E-state index < -0.39 is 5.82 Å². The van der Waals surface area contributed by atoms with Crippen LogP contribution in [0, 0.1) is 5.82 Å². The molecule has 1 heterocycles. The molecule has 2 N–H and O–H groups in total. The zero-order chi connectivity index (χ0) is 20.1. The van der Waals surface area contributed by atoms with Crippen LogP contribution in [0.2, 0.25) is 5.02 Å². The van der Waals surface area contributed by atoms with E-state index in [1.54, 1.807) is 18.3 Å². The minimum atomic E-state index is -0.479. The molecule has 144 valence electrons. The lowest BCUT2D eigenvalue weighted by Crippen LogP contribution is -2.10. The number of pyridine rings is 1. The Labute approximate surface area is 175 Å². The van der Waals surface area contributed by atoms with Crippen molar-refractivity contribution < 1.29 is 9.18 Å². The fourth-order valence-electron chi connectivity index (χ4n) is 2.81. The summed E-state index contributed by atoms with van der Waals surface area (Å²) in [6, 6.07) is 10.2. The highest BCUT2D eigenvalue weighted by Gasteiger charge is 2.11. The van der Waals surface area contributed by atoms with Gasteiger partial charge in [0.2, 0.25) is 5.91 Å². The van der Waals surface area contributed by atoms with Crippen molar-refractivity contribution in [2.45, 2.75) is 13.3 Å². The summed E-state index contributed by atoms with van der Waals surface area (Å²) in [5.41, 5.74) is 2.37. The molecule has 3 aromatic rings. The number of allylic oxidation sites excluding steroid dienone is 1. The van der Waals surface area contributed by atoms with Crippen LogP contribution in [0.25, 0.3) is 10.8 Å². The molecule has 0 aliphatic carbocycles. The van der Waals surface area contributed by atoms with Gasteiger partial charge in [0.25, 0.3) is 0 Å². The molecule has 0 saturated carbocycles. The van der Waals surface area contributed by atoms with Gasteiger partial charge in [0.1, 0.15) is 11.6 Å². The van der Waals surface area contributed by atoms with Crippen LogP contribution >= 0.6 is 27.5 Å². The van der Waals surface area contributed by atoms with Gasteiger partial charge in [0.15, 0.2) is 0 Å². The number of benzene rings is 2. The van der Waals surface area contributed by atoms with E-state index in [-0.39, 0.29) is 10.9 Å². The smallest absolute Gasteiger partial charge is 0.248 e. The summed E-state index contributed by atoms with van der Waals surface area (Å²) in [5.74, 6) is -0.0845. The zero-order valence-electron chi connectivity index (χ0n) is 15.1. The zero-order valence-corrected chi connectivity index (χ0v) is 17.4. The third-order valence-electron chi connectivity index (χ3n) is 4.17. The van der Waals surface area contributed by atoms with Crippen molar-refractivity contribution in [3.63, 3.8) is 0 Å². The molecule has 3 rings (SSSR count). The van der Waals surface area contributed by atoms with Gasteiger partial charge in [-0.15, -0.1) is 0 Å². The number of aromatic nitrogens is 1. The molecule has 0 atom stereocenters. The van der Waals surface area contributed by atoms with Crippen molar-refractivity contribution in [1.29, 1.82) is 0 Å². The molecule has 4 nitrogen and oxygen atoms in total. The maximum Gasteiger partial charge on any atom is 0.248 e. The fraction of sp³-hybridized carbons (Fsp3) is 0.143. The normalized spacial score (nSPS) is 11.1. The SMILES string of the molecule is CCc1cc2ccnc(Nc3ccc(F)c(Cl)c3)c2cc1NC(=O)/C=C/CBr. The molecule has 0 unspecified atom stereocenters. The van der Waals surface area contributed by atoms with Gasteiger partial charge >= 0.3 is 0 Å². The van der Waals surface area contributed by atoms with Crippen molar-refractivity contribution in [3.8, 4) is 0 Å². The predicted octanol–water partition coefficient (Wildman–Crippen LogP) is 6.22. The Hall–Kier alpha value is -2.44. The molecule has 0 aliphatic heterocycles. The van der Waals surface area contributed by atoms with Crippen molar-refractivity contribution in [3.05, 3.63) is 71.2 Å². The van der Waals surface area contributed by atoms with Crippen LogP contribution in [-0.2, 0) is 11.2 Å². The van der Waals surface area contributed by atoms with E-state index >= 15 is 0 Å². The second-order valence-electron chi connectivity index (χ2n) is 6.04. The maximum atomic E-state index is 13.4. The van der Waals surface area contributed by atoms with E-state index in [0.717, 1.165) is 28.4 Å². The number of anilines is 3. The Balaban J connectivity index is 2.01. The number of carbonyl (C=O) groups is 1. The van der Waals surface area contributed by atoms with Crippen LogP contribution in [-0.4, -0.2) is 16.2 Å². The number of fused-ring (bicyclic) bond motifs is 1. The fourth-order valence-corrected chi connectivity index (χ4v) is 3.18. The van der Waals surface area contributed by atoms with Gasteiger partial charge in [-0.05, 0) is 53.8 Å². The first-order valence-electron chi connectivity index (χ1n) is 8.69.